The molecule has 1 atom stereocenters. The molecular weight excluding hydrogens is 260 g/mol. The van der Waals surface area contributed by atoms with Crippen molar-refractivity contribution >= 4 is 17.7 Å². The van der Waals surface area contributed by atoms with Crippen molar-refractivity contribution in [1.29, 1.82) is 0 Å². The number of thioether (sulfide) groups is 1. The SMILES string of the molecule is O=C(NCC1CCCS1)c1ncccc1C#CCO. The van der Waals surface area contributed by atoms with Crippen molar-refractivity contribution in [2.45, 2.75) is 18.1 Å². The molecule has 5 heteroatoms. The Labute approximate surface area is 117 Å². The highest BCUT2D eigenvalue weighted by Crippen LogP contribution is 2.25. The number of hydrogen-bond acceptors (Lipinski definition) is 4. The maximum atomic E-state index is 12.1. The number of aromatic nitrogens is 1. The van der Waals surface area contributed by atoms with Crippen LogP contribution in [0.4, 0.5) is 0 Å². The molecule has 19 heavy (non-hydrogen) atoms. The summed E-state index contributed by atoms with van der Waals surface area (Å²) in [5, 5.41) is 12.1. The van der Waals surface area contributed by atoms with Gasteiger partial charge in [0.15, 0.2) is 0 Å². The average molecular weight is 276 g/mol. The van der Waals surface area contributed by atoms with Gasteiger partial charge in [0, 0.05) is 18.0 Å². The van der Waals surface area contributed by atoms with Crippen molar-refractivity contribution in [3.05, 3.63) is 29.6 Å². The highest BCUT2D eigenvalue weighted by atomic mass is 32.2. The summed E-state index contributed by atoms with van der Waals surface area (Å²) in [6, 6.07) is 3.46. The van der Waals surface area contributed by atoms with E-state index in [4.69, 9.17) is 5.11 Å². The number of rotatable bonds is 3. The van der Waals surface area contributed by atoms with Gasteiger partial charge in [-0.2, -0.15) is 11.8 Å². The molecule has 1 aliphatic heterocycles. The third-order valence-electron chi connectivity index (χ3n) is 2.84. The molecule has 2 heterocycles. The van der Waals surface area contributed by atoms with E-state index in [1.165, 1.54) is 12.2 Å². The number of nitrogens with one attached hydrogen (secondary N) is 1. The molecule has 0 spiro atoms. The van der Waals surface area contributed by atoms with Crippen molar-refractivity contribution in [3.8, 4) is 11.8 Å². The monoisotopic (exact) mass is 276 g/mol. The number of aliphatic hydroxyl groups is 1. The molecule has 0 radical (unpaired) electrons. The van der Waals surface area contributed by atoms with Crippen LogP contribution in [0.3, 0.4) is 0 Å². The highest BCUT2D eigenvalue weighted by Gasteiger charge is 2.18. The van der Waals surface area contributed by atoms with Crippen LogP contribution in [-0.2, 0) is 0 Å². The van der Waals surface area contributed by atoms with E-state index in [0.717, 1.165) is 6.42 Å². The molecule has 1 aliphatic rings. The Morgan fingerprint density at radius 3 is 3.26 bits per heavy atom. The van der Waals surface area contributed by atoms with E-state index >= 15 is 0 Å². The zero-order valence-electron chi connectivity index (χ0n) is 10.6. The van der Waals surface area contributed by atoms with Crippen LogP contribution in [-0.4, -0.2) is 40.2 Å². The Bertz CT molecular complexity index is 502. The summed E-state index contributed by atoms with van der Waals surface area (Å²) in [5.74, 6) is 6.26. The summed E-state index contributed by atoms with van der Waals surface area (Å²) in [4.78, 5) is 16.1. The first-order valence-corrected chi connectivity index (χ1v) is 7.30. The average Bonchev–Trinajstić information content (AvgIpc) is 2.96. The lowest BCUT2D eigenvalue weighted by atomic mass is 10.2. The number of amides is 1. The van der Waals surface area contributed by atoms with Gasteiger partial charge in [0.25, 0.3) is 5.91 Å². The van der Waals surface area contributed by atoms with Crippen LogP contribution >= 0.6 is 11.8 Å². The fourth-order valence-corrected chi connectivity index (χ4v) is 3.12. The molecule has 2 N–H and O–H groups in total. The lowest BCUT2D eigenvalue weighted by molar-refractivity contribution is 0.0948. The molecular formula is C14H16N2O2S. The topological polar surface area (TPSA) is 62.2 Å². The first-order valence-electron chi connectivity index (χ1n) is 6.26. The predicted octanol–water partition coefficient (Wildman–Crippen LogP) is 1.05. The van der Waals surface area contributed by atoms with Crippen LogP contribution in [0.2, 0.25) is 0 Å². The fourth-order valence-electron chi connectivity index (χ4n) is 1.92. The molecule has 1 amide bonds. The number of aliphatic hydroxyl groups excluding tert-OH is 1. The van der Waals surface area contributed by atoms with Crippen LogP contribution in [0.15, 0.2) is 18.3 Å². The van der Waals surface area contributed by atoms with E-state index in [9.17, 15) is 4.79 Å². The van der Waals surface area contributed by atoms with E-state index in [1.807, 2.05) is 11.8 Å². The molecule has 1 fully saturated rings. The summed E-state index contributed by atoms with van der Waals surface area (Å²) in [6.45, 7) is 0.446. The Balaban J connectivity index is 2.01. The minimum Gasteiger partial charge on any atom is -0.384 e. The summed E-state index contributed by atoms with van der Waals surface area (Å²) >= 11 is 1.90. The molecule has 0 aliphatic carbocycles. The van der Waals surface area contributed by atoms with Crippen molar-refractivity contribution < 1.29 is 9.90 Å². The molecule has 1 aromatic rings. The number of hydrogen-bond donors (Lipinski definition) is 2. The molecule has 100 valence electrons. The smallest absolute Gasteiger partial charge is 0.271 e. The zero-order valence-corrected chi connectivity index (χ0v) is 11.4. The van der Waals surface area contributed by atoms with E-state index in [-0.39, 0.29) is 12.5 Å². The largest absolute Gasteiger partial charge is 0.384 e. The maximum absolute atomic E-state index is 12.1. The minimum absolute atomic E-state index is 0.199. The standard InChI is InChI=1S/C14H16N2O2S/c17-8-2-5-11-4-1-7-15-13(11)14(18)16-10-12-6-3-9-19-12/h1,4,7,12,17H,3,6,8-10H2,(H,16,18). The second kappa shape index (κ2) is 7.17. The summed E-state index contributed by atoms with van der Waals surface area (Å²) < 4.78 is 0. The van der Waals surface area contributed by atoms with Crippen LogP contribution in [0.1, 0.15) is 28.9 Å². The second-order valence-corrected chi connectivity index (χ2v) is 5.61. The number of pyridine rings is 1. The van der Waals surface area contributed by atoms with Gasteiger partial charge < -0.3 is 10.4 Å². The Morgan fingerprint density at radius 1 is 1.63 bits per heavy atom. The van der Waals surface area contributed by atoms with Crippen molar-refractivity contribution in [2.24, 2.45) is 0 Å². The molecule has 0 bridgehead atoms. The fraction of sp³-hybridized carbons (Fsp3) is 0.429. The van der Waals surface area contributed by atoms with E-state index in [1.54, 1.807) is 18.3 Å². The molecule has 0 aromatic carbocycles. The summed E-state index contributed by atoms with van der Waals surface area (Å²) in [7, 11) is 0. The summed E-state index contributed by atoms with van der Waals surface area (Å²) in [5.41, 5.74) is 0.875. The Kier molecular flexibility index (Phi) is 5.25. The van der Waals surface area contributed by atoms with Gasteiger partial charge >= 0.3 is 0 Å². The van der Waals surface area contributed by atoms with E-state index in [2.05, 4.69) is 22.1 Å². The quantitative estimate of drug-likeness (QED) is 0.810. The zero-order chi connectivity index (χ0) is 13.5. The molecule has 1 unspecified atom stereocenters. The van der Waals surface area contributed by atoms with Gasteiger partial charge in [-0.1, -0.05) is 11.8 Å². The van der Waals surface area contributed by atoms with Gasteiger partial charge in [-0.05, 0) is 30.7 Å². The number of carbonyl (C=O) groups excluding carboxylic acids is 1. The Morgan fingerprint density at radius 2 is 2.53 bits per heavy atom. The van der Waals surface area contributed by atoms with Gasteiger partial charge in [0.1, 0.15) is 12.3 Å². The lowest BCUT2D eigenvalue weighted by Gasteiger charge is -2.10. The predicted molar refractivity (Wildman–Crippen MR) is 76.0 cm³/mol. The number of nitrogens with zero attached hydrogens (tertiary/aromatic N) is 1. The molecule has 0 saturated carbocycles. The van der Waals surface area contributed by atoms with Crippen molar-refractivity contribution in [3.63, 3.8) is 0 Å². The Hall–Kier alpha value is -1.51. The van der Waals surface area contributed by atoms with Crippen molar-refractivity contribution in [2.75, 3.05) is 18.9 Å². The minimum atomic E-state index is -0.228. The molecule has 1 saturated heterocycles. The summed E-state index contributed by atoms with van der Waals surface area (Å²) in [6.07, 6.45) is 3.95. The van der Waals surface area contributed by atoms with Crippen LogP contribution in [0, 0.1) is 11.8 Å². The molecule has 4 nitrogen and oxygen atoms in total. The second-order valence-electron chi connectivity index (χ2n) is 4.20. The van der Waals surface area contributed by atoms with Crippen LogP contribution < -0.4 is 5.32 Å². The normalized spacial score (nSPS) is 17.6. The highest BCUT2D eigenvalue weighted by molar-refractivity contribution is 8.00. The molecule has 1 aromatic heterocycles. The van der Waals surface area contributed by atoms with Gasteiger partial charge in [0.2, 0.25) is 0 Å². The van der Waals surface area contributed by atoms with E-state index < -0.39 is 0 Å². The van der Waals surface area contributed by atoms with E-state index in [0.29, 0.717) is 23.1 Å². The number of carbonyl (C=O) groups is 1. The lowest BCUT2D eigenvalue weighted by Crippen LogP contribution is -2.30. The van der Waals surface area contributed by atoms with Gasteiger partial charge in [-0.3, -0.25) is 4.79 Å². The van der Waals surface area contributed by atoms with Crippen LogP contribution in [0.5, 0.6) is 0 Å². The third-order valence-corrected chi connectivity index (χ3v) is 4.24. The third kappa shape index (κ3) is 3.98. The first kappa shape index (κ1) is 13.9. The van der Waals surface area contributed by atoms with Gasteiger partial charge in [0.05, 0.1) is 5.56 Å². The van der Waals surface area contributed by atoms with Gasteiger partial charge in [-0.25, -0.2) is 4.98 Å². The maximum Gasteiger partial charge on any atom is 0.271 e. The van der Waals surface area contributed by atoms with Gasteiger partial charge in [-0.15, -0.1) is 0 Å². The molecule has 2 rings (SSSR count). The van der Waals surface area contributed by atoms with Crippen molar-refractivity contribution in [1.82, 2.24) is 10.3 Å². The van der Waals surface area contributed by atoms with Crippen LogP contribution in [0.25, 0.3) is 0 Å². The first-order chi connectivity index (χ1) is 9.31.